The lowest BCUT2D eigenvalue weighted by Crippen LogP contribution is -2.56. The largest absolute Gasteiger partial charge is 0.372 e. The predicted molar refractivity (Wildman–Crippen MR) is 123 cm³/mol. The fourth-order valence-corrected chi connectivity index (χ4v) is 6.65. The zero-order valence-electron chi connectivity index (χ0n) is 17.9. The fraction of sp³-hybridized carbons (Fsp3) is 0.417. The standard InChI is InChI=1S/C24H28N4O3S/c29-32(30,27-15-19-11-12-20(16-27)31-19)26-28-23-8-4-2-6-18(23)10-14-24(28)25-22-13-9-17-5-1-3-7-21(17)22/h1-8,14,19-20,22,25-26H,9-13,15-16H2/t19-,20-,22+/m0/s1. The highest BCUT2D eigenvalue weighted by atomic mass is 32.2. The van der Waals surface area contributed by atoms with Crippen molar-refractivity contribution in [2.45, 2.75) is 50.4 Å². The van der Waals surface area contributed by atoms with E-state index in [4.69, 9.17) is 4.74 Å². The van der Waals surface area contributed by atoms with Gasteiger partial charge in [0.25, 0.3) is 10.2 Å². The van der Waals surface area contributed by atoms with Gasteiger partial charge in [0.15, 0.2) is 0 Å². The summed E-state index contributed by atoms with van der Waals surface area (Å²) in [6, 6.07) is 16.6. The second-order valence-electron chi connectivity index (χ2n) is 9.06. The molecule has 1 aliphatic carbocycles. The molecule has 3 heterocycles. The van der Waals surface area contributed by atoms with Gasteiger partial charge in [-0.1, -0.05) is 42.5 Å². The molecule has 168 valence electrons. The van der Waals surface area contributed by atoms with Crippen LogP contribution in [0.4, 0.5) is 5.69 Å². The first-order valence-electron chi connectivity index (χ1n) is 11.4. The lowest BCUT2D eigenvalue weighted by atomic mass is 10.0. The summed E-state index contributed by atoms with van der Waals surface area (Å²) in [6.07, 6.45) is 6.71. The van der Waals surface area contributed by atoms with Gasteiger partial charge < -0.3 is 10.1 Å². The minimum atomic E-state index is -3.73. The van der Waals surface area contributed by atoms with Crippen molar-refractivity contribution < 1.29 is 13.2 Å². The summed E-state index contributed by atoms with van der Waals surface area (Å²) in [5.74, 6) is 0.783. The zero-order chi connectivity index (χ0) is 21.7. The van der Waals surface area contributed by atoms with Crippen LogP contribution in [-0.2, 0) is 27.8 Å². The first-order valence-corrected chi connectivity index (χ1v) is 12.9. The quantitative estimate of drug-likeness (QED) is 0.730. The molecule has 0 amide bonds. The Morgan fingerprint density at radius 1 is 0.906 bits per heavy atom. The van der Waals surface area contributed by atoms with Crippen LogP contribution in [0.3, 0.4) is 0 Å². The Bertz CT molecular complexity index is 1150. The average molecular weight is 453 g/mol. The molecule has 6 rings (SSSR count). The van der Waals surface area contributed by atoms with Crippen molar-refractivity contribution in [3.8, 4) is 0 Å². The Hall–Kier alpha value is -2.39. The highest BCUT2D eigenvalue weighted by Crippen LogP contribution is 2.35. The van der Waals surface area contributed by atoms with Crippen molar-refractivity contribution in [3.05, 3.63) is 77.1 Å². The van der Waals surface area contributed by atoms with Crippen molar-refractivity contribution in [2.24, 2.45) is 0 Å². The summed E-state index contributed by atoms with van der Waals surface area (Å²) in [4.78, 5) is 2.88. The van der Waals surface area contributed by atoms with Crippen LogP contribution in [0, 0.1) is 0 Å². The molecule has 3 atom stereocenters. The number of morpholine rings is 1. The van der Waals surface area contributed by atoms with E-state index in [-0.39, 0.29) is 18.2 Å². The van der Waals surface area contributed by atoms with E-state index < -0.39 is 10.2 Å². The van der Waals surface area contributed by atoms with Gasteiger partial charge in [-0.05, 0) is 60.9 Å². The van der Waals surface area contributed by atoms with Crippen LogP contribution in [0.25, 0.3) is 0 Å². The Morgan fingerprint density at radius 2 is 1.62 bits per heavy atom. The summed E-state index contributed by atoms with van der Waals surface area (Å²) in [5, 5.41) is 5.35. The maximum atomic E-state index is 13.4. The minimum Gasteiger partial charge on any atom is -0.372 e. The third kappa shape index (κ3) is 3.61. The SMILES string of the molecule is O=S(=O)(NN1C(N[C@@H]2CCc3ccccc32)=CCc2ccccc21)N1C[C@@H]2CC[C@@H](C1)O2. The lowest BCUT2D eigenvalue weighted by molar-refractivity contribution is -0.0118. The van der Waals surface area contributed by atoms with E-state index in [0.717, 1.165) is 49.2 Å². The first kappa shape index (κ1) is 20.2. The summed E-state index contributed by atoms with van der Waals surface area (Å²) in [6.45, 7) is 0.813. The molecule has 0 unspecified atom stereocenters. The van der Waals surface area contributed by atoms with E-state index >= 15 is 0 Å². The molecule has 2 N–H and O–H groups in total. The van der Waals surface area contributed by atoms with Gasteiger partial charge in [0.2, 0.25) is 0 Å². The van der Waals surface area contributed by atoms with Crippen LogP contribution in [0.1, 0.15) is 42.0 Å². The number of para-hydroxylation sites is 1. The summed E-state index contributed by atoms with van der Waals surface area (Å²) < 4.78 is 34.2. The second kappa shape index (κ2) is 7.88. The van der Waals surface area contributed by atoms with Crippen molar-refractivity contribution in [2.75, 3.05) is 18.1 Å². The van der Waals surface area contributed by atoms with Crippen LogP contribution in [-0.4, -0.2) is 38.0 Å². The van der Waals surface area contributed by atoms with Crippen molar-refractivity contribution in [3.63, 3.8) is 0 Å². The Morgan fingerprint density at radius 3 is 2.44 bits per heavy atom. The molecule has 4 aliphatic rings. The van der Waals surface area contributed by atoms with Gasteiger partial charge >= 0.3 is 0 Å². The van der Waals surface area contributed by atoms with E-state index in [1.807, 2.05) is 24.3 Å². The van der Waals surface area contributed by atoms with Gasteiger partial charge in [-0.2, -0.15) is 12.7 Å². The van der Waals surface area contributed by atoms with Crippen molar-refractivity contribution in [1.29, 1.82) is 0 Å². The number of hydrogen-bond donors (Lipinski definition) is 2. The molecule has 0 aromatic heterocycles. The van der Waals surface area contributed by atoms with Crippen LogP contribution in [0.5, 0.6) is 0 Å². The molecule has 2 bridgehead atoms. The van der Waals surface area contributed by atoms with Crippen molar-refractivity contribution in [1.82, 2.24) is 14.5 Å². The Kier molecular flexibility index (Phi) is 4.98. The third-order valence-corrected chi connectivity index (χ3v) is 8.39. The Balaban J connectivity index is 1.29. The fourth-order valence-electron chi connectivity index (χ4n) is 5.38. The van der Waals surface area contributed by atoms with E-state index in [1.54, 1.807) is 9.31 Å². The molecule has 2 aromatic carbocycles. The molecule has 0 saturated carbocycles. The van der Waals surface area contributed by atoms with Gasteiger partial charge in [0, 0.05) is 13.1 Å². The molecule has 0 radical (unpaired) electrons. The molecule has 8 heteroatoms. The Labute approximate surface area is 189 Å². The number of anilines is 1. The van der Waals surface area contributed by atoms with Crippen LogP contribution in [0.2, 0.25) is 0 Å². The summed E-state index contributed by atoms with van der Waals surface area (Å²) >= 11 is 0. The van der Waals surface area contributed by atoms with Gasteiger partial charge in [-0.25, -0.2) is 5.01 Å². The van der Waals surface area contributed by atoms with Gasteiger partial charge in [-0.15, -0.1) is 4.83 Å². The summed E-state index contributed by atoms with van der Waals surface area (Å²) in [5.41, 5.74) is 4.61. The van der Waals surface area contributed by atoms with Crippen molar-refractivity contribution >= 4 is 15.9 Å². The highest BCUT2D eigenvalue weighted by molar-refractivity contribution is 7.87. The van der Waals surface area contributed by atoms with E-state index in [1.165, 1.54) is 11.1 Å². The second-order valence-corrected chi connectivity index (χ2v) is 10.7. The average Bonchev–Trinajstić information content (AvgIpc) is 3.37. The van der Waals surface area contributed by atoms with Crippen LogP contribution >= 0.6 is 0 Å². The van der Waals surface area contributed by atoms with Crippen LogP contribution in [0.15, 0.2) is 60.4 Å². The van der Waals surface area contributed by atoms with Gasteiger partial charge in [0.05, 0.1) is 23.9 Å². The number of fused-ring (bicyclic) bond motifs is 4. The number of nitrogens with zero attached hydrogens (tertiary/aromatic N) is 2. The number of rotatable bonds is 5. The normalized spacial score (nSPS) is 27.1. The number of benzene rings is 2. The van der Waals surface area contributed by atoms with E-state index in [9.17, 15) is 8.42 Å². The number of nitrogens with one attached hydrogen (secondary N) is 2. The molecule has 0 spiro atoms. The predicted octanol–water partition coefficient (Wildman–Crippen LogP) is 2.78. The molecule has 32 heavy (non-hydrogen) atoms. The molecule has 2 aromatic rings. The zero-order valence-corrected chi connectivity index (χ0v) is 18.7. The van der Waals surface area contributed by atoms with E-state index in [2.05, 4.69) is 40.5 Å². The molecule has 3 aliphatic heterocycles. The number of allylic oxidation sites excluding steroid dienone is 1. The molecule has 2 saturated heterocycles. The van der Waals surface area contributed by atoms with E-state index in [0.29, 0.717) is 13.1 Å². The molecule has 2 fully saturated rings. The molecular weight excluding hydrogens is 424 g/mol. The summed E-state index contributed by atoms with van der Waals surface area (Å²) in [7, 11) is -3.73. The van der Waals surface area contributed by atoms with Gasteiger partial charge in [0.1, 0.15) is 5.82 Å². The minimum absolute atomic E-state index is 0.00194. The first-order chi connectivity index (χ1) is 15.6. The lowest BCUT2D eigenvalue weighted by Gasteiger charge is -2.37. The number of hydrogen-bond acceptors (Lipinski definition) is 5. The molecule has 7 nitrogen and oxygen atoms in total. The number of hydrazine groups is 1. The monoisotopic (exact) mass is 452 g/mol. The topological polar surface area (TPSA) is 73.9 Å². The maximum absolute atomic E-state index is 13.4. The molecular formula is C24H28N4O3S. The van der Waals surface area contributed by atoms with Crippen LogP contribution < -0.4 is 15.2 Å². The number of aryl methyl sites for hydroxylation is 1. The van der Waals surface area contributed by atoms with Gasteiger partial charge in [-0.3, -0.25) is 0 Å². The number of ether oxygens (including phenoxy) is 1. The third-order valence-electron chi connectivity index (χ3n) is 7.00. The smallest absolute Gasteiger partial charge is 0.297 e. The maximum Gasteiger partial charge on any atom is 0.297 e. The highest BCUT2D eigenvalue weighted by Gasteiger charge is 2.40.